The molecule has 2 saturated heterocycles. The predicted molar refractivity (Wildman–Crippen MR) is 116 cm³/mol. The number of hydrogen-bond acceptors (Lipinski definition) is 8. The van der Waals surface area contributed by atoms with Gasteiger partial charge in [0.15, 0.2) is 5.82 Å². The Balaban J connectivity index is 0.000000968. The molecule has 1 aromatic heterocycles. The van der Waals surface area contributed by atoms with Gasteiger partial charge in [-0.15, -0.1) is 0 Å². The number of morpholine rings is 1. The van der Waals surface area contributed by atoms with Gasteiger partial charge < -0.3 is 25.2 Å². The second-order valence-corrected chi connectivity index (χ2v) is 8.82. The molecule has 3 aliphatic rings. The first-order valence-corrected chi connectivity index (χ1v) is 11.4. The van der Waals surface area contributed by atoms with Crippen LogP contribution in [0.2, 0.25) is 0 Å². The standard InChI is InChI=1S/C20H32N6O4.CH2O2/c1-14-22-17(24-23-14)11-21-19(29)20-4-2-16(25-6-8-30-9-7-25)10-15(20)3-5-26(13-20)18(28)12-27;2-1-3/h15-16,27H,2-13H2,1H3,(H,21,29)(H,22,23,24);1H,(H,2,3)/t15-,16+,20-;/m1./s1. The lowest BCUT2D eigenvalue weighted by Gasteiger charge is -2.53. The summed E-state index contributed by atoms with van der Waals surface area (Å²) in [7, 11) is 0. The highest BCUT2D eigenvalue weighted by molar-refractivity contribution is 5.85. The number of rotatable bonds is 5. The fourth-order valence-corrected chi connectivity index (χ4v) is 5.40. The van der Waals surface area contributed by atoms with Crippen LogP contribution in [0.15, 0.2) is 0 Å². The lowest BCUT2D eigenvalue weighted by molar-refractivity contribution is -0.152. The van der Waals surface area contributed by atoms with Gasteiger partial charge >= 0.3 is 0 Å². The summed E-state index contributed by atoms with van der Waals surface area (Å²) in [5, 5.41) is 26.1. The van der Waals surface area contributed by atoms with Gasteiger partial charge in [0.05, 0.1) is 25.2 Å². The zero-order valence-electron chi connectivity index (χ0n) is 19.0. The topological polar surface area (TPSA) is 161 Å². The molecule has 1 aromatic rings. The number of aryl methyl sites for hydroxylation is 1. The van der Waals surface area contributed by atoms with Crippen molar-refractivity contribution in [1.29, 1.82) is 0 Å². The maximum absolute atomic E-state index is 13.5. The number of aliphatic hydroxyl groups is 1. The molecule has 0 bridgehead atoms. The molecule has 12 nitrogen and oxygen atoms in total. The first kappa shape index (κ1) is 25.1. The Morgan fingerprint density at radius 1 is 1.30 bits per heavy atom. The van der Waals surface area contributed by atoms with Gasteiger partial charge in [0.2, 0.25) is 11.8 Å². The number of carbonyl (C=O) groups is 3. The van der Waals surface area contributed by atoms with Crippen LogP contribution in [0.3, 0.4) is 0 Å². The van der Waals surface area contributed by atoms with E-state index >= 15 is 0 Å². The number of carboxylic acid groups (broad SMARTS) is 1. The van der Waals surface area contributed by atoms with Gasteiger partial charge in [-0.25, -0.2) is 4.98 Å². The van der Waals surface area contributed by atoms with E-state index in [0.717, 1.165) is 52.0 Å². The van der Waals surface area contributed by atoms with Crippen molar-refractivity contribution >= 4 is 18.3 Å². The number of aromatic nitrogens is 3. The molecule has 4 N–H and O–H groups in total. The minimum atomic E-state index is -0.628. The van der Waals surface area contributed by atoms with E-state index in [2.05, 4.69) is 25.4 Å². The molecule has 0 aromatic carbocycles. The highest BCUT2D eigenvalue weighted by atomic mass is 16.5. The van der Waals surface area contributed by atoms with Gasteiger partial charge in [-0.1, -0.05) is 0 Å². The van der Waals surface area contributed by atoms with E-state index < -0.39 is 12.0 Å². The summed E-state index contributed by atoms with van der Waals surface area (Å²) in [4.78, 5) is 42.4. The van der Waals surface area contributed by atoms with E-state index in [4.69, 9.17) is 14.6 Å². The van der Waals surface area contributed by atoms with Crippen LogP contribution in [0, 0.1) is 18.3 Å². The number of H-pyrrole nitrogens is 1. The van der Waals surface area contributed by atoms with Gasteiger partial charge in [0, 0.05) is 32.2 Å². The highest BCUT2D eigenvalue weighted by Crippen LogP contribution is 2.48. The molecule has 3 atom stereocenters. The number of aliphatic hydroxyl groups excluding tert-OH is 1. The predicted octanol–water partition coefficient (Wildman–Crippen LogP) is -0.858. The number of aromatic amines is 1. The monoisotopic (exact) mass is 466 g/mol. The highest BCUT2D eigenvalue weighted by Gasteiger charge is 2.53. The average molecular weight is 467 g/mol. The largest absolute Gasteiger partial charge is 0.483 e. The van der Waals surface area contributed by atoms with Gasteiger partial charge in [0.1, 0.15) is 12.4 Å². The number of hydrogen-bond donors (Lipinski definition) is 4. The molecule has 3 fully saturated rings. The first-order chi connectivity index (χ1) is 15.9. The molecular weight excluding hydrogens is 432 g/mol. The molecule has 184 valence electrons. The second kappa shape index (κ2) is 11.5. The molecular formula is C21H34N6O6. The zero-order valence-corrected chi connectivity index (χ0v) is 19.0. The van der Waals surface area contributed by atoms with Crippen LogP contribution in [0.25, 0.3) is 0 Å². The van der Waals surface area contributed by atoms with Crippen molar-refractivity contribution < 1.29 is 29.3 Å². The van der Waals surface area contributed by atoms with Gasteiger partial charge in [-0.05, 0) is 38.5 Å². The van der Waals surface area contributed by atoms with E-state index in [0.29, 0.717) is 30.8 Å². The van der Waals surface area contributed by atoms with Gasteiger partial charge in [-0.3, -0.25) is 24.4 Å². The minimum Gasteiger partial charge on any atom is -0.483 e. The van der Waals surface area contributed by atoms with Crippen LogP contribution in [0.4, 0.5) is 0 Å². The number of likely N-dealkylation sites (tertiary alicyclic amines) is 1. The molecule has 0 spiro atoms. The summed E-state index contributed by atoms with van der Waals surface area (Å²) in [6.07, 6.45) is 3.38. The molecule has 1 saturated carbocycles. The Bertz CT molecular complexity index is 813. The molecule has 1 aliphatic carbocycles. The Labute approximate surface area is 192 Å². The number of nitrogens with zero attached hydrogens (tertiary/aromatic N) is 4. The van der Waals surface area contributed by atoms with Crippen molar-refractivity contribution in [3.63, 3.8) is 0 Å². The lowest BCUT2D eigenvalue weighted by atomic mass is 9.61. The first-order valence-electron chi connectivity index (χ1n) is 11.4. The van der Waals surface area contributed by atoms with E-state index in [1.54, 1.807) is 4.90 Å². The van der Waals surface area contributed by atoms with Crippen LogP contribution in [0.1, 0.15) is 37.3 Å². The summed E-state index contributed by atoms with van der Waals surface area (Å²) in [5.74, 6) is 1.12. The molecule has 4 rings (SSSR count). The van der Waals surface area contributed by atoms with Gasteiger partial charge in [0.25, 0.3) is 6.47 Å². The van der Waals surface area contributed by atoms with E-state index in [-0.39, 0.29) is 30.7 Å². The fraction of sp³-hybridized carbons (Fsp3) is 0.762. The quantitative estimate of drug-likeness (QED) is 0.405. The molecule has 12 heteroatoms. The number of amides is 2. The molecule has 3 heterocycles. The smallest absolute Gasteiger partial charge is 0.290 e. The van der Waals surface area contributed by atoms with Crippen molar-refractivity contribution in [2.75, 3.05) is 46.0 Å². The fourth-order valence-electron chi connectivity index (χ4n) is 5.40. The molecule has 0 radical (unpaired) electrons. The second-order valence-electron chi connectivity index (χ2n) is 8.82. The van der Waals surface area contributed by atoms with Crippen LogP contribution in [-0.2, 0) is 25.7 Å². The molecule has 33 heavy (non-hydrogen) atoms. The van der Waals surface area contributed by atoms with Crippen LogP contribution < -0.4 is 5.32 Å². The van der Waals surface area contributed by atoms with E-state index in [1.165, 1.54) is 0 Å². The molecule has 0 unspecified atom stereocenters. The van der Waals surface area contributed by atoms with Crippen molar-refractivity contribution in [2.24, 2.45) is 11.3 Å². The number of ether oxygens (including phenoxy) is 1. The van der Waals surface area contributed by atoms with Crippen LogP contribution >= 0.6 is 0 Å². The number of carbonyl (C=O) groups excluding carboxylic acids is 2. The summed E-state index contributed by atoms with van der Waals surface area (Å²) < 4.78 is 5.50. The normalized spacial score (nSPS) is 27.6. The number of fused-ring (bicyclic) bond motifs is 1. The Morgan fingerprint density at radius 3 is 2.67 bits per heavy atom. The Hall–Kier alpha value is -2.57. The minimum absolute atomic E-state index is 0.0363. The average Bonchev–Trinajstić information content (AvgIpc) is 3.27. The third-order valence-electron chi connectivity index (χ3n) is 7.04. The summed E-state index contributed by atoms with van der Waals surface area (Å²) in [5.41, 5.74) is -0.628. The molecule has 2 amide bonds. The van der Waals surface area contributed by atoms with Crippen molar-refractivity contribution in [3.05, 3.63) is 11.6 Å². The lowest BCUT2D eigenvalue weighted by Crippen LogP contribution is -2.61. The maximum Gasteiger partial charge on any atom is 0.290 e. The number of piperidine rings is 1. The summed E-state index contributed by atoms with van der Waals surface area (Å²) in [6.45, 7) is 5.68. The van der Waals surface area contributed by atoms with Gasteiger partial charge in [-0.2, -0.15) is 5.10 Å². The zero-order chi connectivity index (χ0) is 23.8. The Morgan fingerprint density at radius 2 is 2.03 bits per heavy atom. The number of nitrogens with one attached hydrogen (secondary N) is 2. The third-order valence-corrected chi connectivity index (χ3v) is 7.04. The van der Waals surface area contributed by atoms with E-state index in [9.17, 15) is 14.7 Å². The summed E-state index contributed by atoms with van der Waals surface area (Å²) in [6, 6.07) is 0.454. The molecule has 2 aliphatic heterocycles. The maximum atomic E-state index is 13.5. The summed E-state index contributed by atoms with van der Waals surface area (Å²) >= 11 is 0. The van der Waals surface area contributed by atoms with Crippen molar-refractivity contribution in [3.8, 4) is 0 Å². The Kier molecular flexibility index (Phi) is 8.75. The third kappa shape index (κ3) is 5.87. The van der Waals surface area contributed by atoms with Crippen LogP contribution in [0.5, 0.6) is 0 Å². The van der Waals surface area contributed by atoms with Crippen molar-refractivity contribution in [2.45, 2.75) is 45.2 Å². The SMILES string of the molecule is Cc1nc(CNC(=O)[C@@]23CC[C@H](N4CCOCC4)C[C@H]2CCN(C(=O)CO)C3)n[nH]1.O=CO. The van der Waals surface area contributed by atoms with Crippen molar-refractivity contribution in [1.82, 2.24) is 30.3 Å². The van der Waals surface area contributed by atoms with Crippen LogP contribution in [-0.4, -0.2) is 106 Å². The van der Waals surface area contributed by atoms with E-state index in [1.807, 2.05) is 6.92 Å².